The largest absolute Gasteiger partial charge is 0.389 e. The molecule has 5 heteroatoms. The summed E-state index contributed by atoms with van der Waals surface area (Å²) in [6.07, 6.45) is 5.25. The van der Waals surface area contributed by atoms with E-state index in [1.807, 2.05) is 0 Å². The second-order valence-corrected chi connectivity index (χ2v) is 5.32. The molecule has 1 aromatic rings. The average molecular weight is 280 g/mol. The number of thiocarbonyl (C=S) groups is 1. The quantitative estimate of drug-likeness (QED) is 0.837. The Labute approximate surface area is 117 Å². The van der Waals surface area contributed by atoms with Gasteiger partial charge in [0.15, 0.2) is 0 Å². The summed E-state index contributed by atoms with van der Waals surface area (Å²) in [4.78, 5) is 12.1. The first-order valence-corrected chi connectivity index (χ1v) is 6.89. The molecular weight excluding hydrogens is 263 g/mol. The minimum atomic E-state index is -0.469. The number of amides is 1. The van der Waals surface area contributed by atoms with Crippen molar-refractivity contribution >= 4 is 28.8 Å². The van der Waals surface area contributed by atoms with E-state index < -0.39 is 5.82 Å². The second kappa shape index (κ2) is 6.10. The maximum Gasteiger partial charge on any atom is 0.227 e. The van der Waals surface area contributed by atoms with Gasteiger partial charge in [-0.15, -0.1) is 0 Å². The number of nitrogens with two attached hydrogens (primary N) is 1. The molecule has 0 aliphatic heterocycles. The molecule has 2 rings (SSSR count). The van der Waals surface area contributed by atoms with E-state index in [2.05, 4.69) is 5.32 Å². The molecule has 0 spiro atoms. The highest BCUT2D eigenvalue weighted by atomic mass is 32.1. The van der Waals surface area contributed by atoms with Gasteiger partial charge in [0.25, 0.3) is 0 Å². The Morgan fingerprint density at radius 3 is 2.63 bits per heavy atom. The topological polar surface area (TPSA) is 55.1 Å². The second-order valence-electron chi connectivity index (χ2n) is 4.88. The summed E-state index contributed by atoms with van der Waals surface area (Å²) in [5, 5.41) is 2.81. The number of rotatable bonds is 3. The van der Waals surface area contributed by atoms with E-state index in [9.17, 15) is 9.18 Å². The van der Waals surface area contributed by atoms with E-state index in [-0.39, 0.29) is 22.4 Å². The number of carbonyl (C=O) groups excluding carboxylic acids is 1. The lowest BCUT2D eigenvalue weighted by atomic mass is 9.88. The van der Waals surface area contributed by atoms with Crippen LogP contribution in [0.3, 0.4) is 0 Å². The number of benzene rings is 1. The van der Waals surface area contributed by atoms with Crippen LogP contribution in [0.5, 0.6) is 0 Å². The van der Waals surface area contributed by atoms with Crippen LogP contribution in [-0.4, -0.2) is 10.9 Å². The van der Waals surface area contributed by atoms with E-state index in [1.54, 1.807) is 0 Å². The maximum atomic E-state index is 13.4. The zero-order valence-electron chi connectivity index (χ0n) is 10.6. The van der Waals surface area contributed by atoms with Gasteiger partial charge in [0, 0.05) is 17.2 Å². The number of halogens is 1. The minimum Gasteiger partial charge on any atom is -0.389 e. The van der Waals surface area contributed by atoms with Gasteiger partial charge >= 0.3 is 0 Å². The first-order chi connectivity index (χ1) is 9.08. The molecule has 0 heterocycles. The van der Waals surface area contributed by atoms with Crippen molar-refractivity contribution in [3.8, 4) is 0 Å². The van der Waals surface area contributed by atoms with E-state index in [4.69, 9.17) is 18.0 Å². The SMILES string of the molecule is NC(=S)c1cc(NC(=O)C2CCCCC2)ccc1F. The fourth-order valence-corrected chi connectivity index (χ4v) is 2.56. The van der Waals surface area contributed by atoms with Crippen LogP contribution in [-0.2, 0) is 4.79 Å². The number of hydrogen-bond donors (Lipinski definition) is 2. The van der Waals surface area contributed by atoms with E-state index in [0.29, 0.717) is 5.69 Å². The van der Waals surface area contributed by atoms with Crippen molar-refractivity contribution in [2.24, 2.45) is 11.7 Å². The van der Waals surface area contributed by atoms with Gasteiger partial charge in [0.1, 0.15) is 10.8 Å². The molecule has 19 heavy (non-hydrogen) atoms. The van der Waals surface area contributed by atoms with Crippen LogP contribution in [0.2, 0.25) is 0 Å². The Balaban J connectivity index is 2.08. The van der Waals surface area contributed by atoms with Gasteiger partial charge in [-0.25, -0.2) is 4.39 Å². The lowest BCUT2D eigenvalue weighted by Gasteiger charge is -2.20. The summed E-state index contributed by atoms with van der Waals surface area (Å²) in [6.45, 7) is 0. The molecule has 0 radical (unpaired) electrons. The third-order valence-corrected chi connectivity index (χ3v) is 3.70. The number of carbonyl (C=O) groups is 1. The number of anilines is 1. The van der Waals surface area contributed by atoms with Gasteiger partial charge in [-0.05, 0) is 31.0 Å². The molecule has 1 fully saturated rings. The molecule has 1 amide bonds. The fraction of sp³-hybridized carbons (Fsp3) is 0.429. The van der Waals surface area contributed by atoms with Gasteiger partial charge in [-0.1, -0.05) is 31.5 Å². The molecule has 1 aromatic carbocycles. The standard InChI is InChI=1S/C14H17FN2OS/c15-12-7-6-10(8-11(12)13(16)19)17-14(18)9-4-2-1-3-5-9/h6-9H,1-5H2,(H2,16,19)(H,17,18). The van der Waals surface area contributed by atoms with Crippen molar-refractivity contribution in [2.45, 2.75) is 32.1 Å². The zero-order chi connectivity index (χ0) is 13.8. The van der Waals surface area contributed by atoms with Crippen LogP contribution in [0.25, 0.3) is 0 Å². The molecule has 102 valence electrons. The summed E-state index contributed by atoms with van der Waals surface area (Å²) in [7, 11) is 0. The first-order valence-electron chi connectivity index (χ1n) is 6.48. The predicted octanol–water partition coefficient (Wildman–Crippen LogP) is 2.98. The fourth-order valence-electron chi connectivity index (χ4n) is 2.40. The Kier molecular flexibility index (Phi) is 4.47. The summed E-state index contributed by atoms with van der Waals surface area (Å²) < 4.78 is 13.4. The summed E-state index contributed by atoms with van der Waals surface area (Å²) in [5.41, 5.74) is 6.14. The summed E-state index contributed by atoms with van der Waals surface area (Å²) >= 11 is 4.77. The third-order valence-electron chi connectivity index (χ3n) is 3.48. The minimum absolute atomic E-state index is 0.000183. The smallest absolute Gasteiger partial charge is 0.227 e. The van der Waals surface area contributed by atoms with Crippen LogP contribution < -0.4 is 11.1 Å². The van der Waals surface area contributed by atoms with Gasteiger partial charge in [0.2, 0.25) is 5.91 Å². The molecule has 0 aromatic heterocycles. The maximum absolute atomic E-state index is 13.4. The molecule has 0 bridgehead atoms. The molecule has 0 atom stereocenters. The first kappa shape index (κ1) is 13.9. The lowest BCUT2D eigenvalue weighted by Crippen LogP contribution is -2.25. The summed E-state index contributed by atoms with van der Waals surface area (Å²) in [5.74, 6) is -0.407. The van der Waals surface area contributed by atoms with Crippen LogP contribution in [0.1, 0.15) is 37.7 Å². The normalized spacial score (nSPS) is 16.1. The summed E-state index contributed by atoms with van der Waals surface area (Å²) in [6, 6.07) is 4.28. The van der Waals surface area contributed by atoms with Crippen molar-refractivity contribution in [1.29, 1.82) is 0 Å². The predicted molar refractivity (Wildman–Crippen MR) is 77.5 cm³/mol. The van der Waals surface area contributed by atoms with E-state index in [1.165, 1.54) is 24.6 Å². The van der Waals surface area contributed by atoms with Gasteiger partial charge in [-0.3, -0.25) is 4.79 Å². The molecule has 0 saturated heterocycles. The van der Waals surface area contributed by atoms with E-state index in [0.717, 1.165) is 25.7 Å². The highest BCUT2D eigenvalue weighted by Gasteiger charge is 2.21. The molecule has 3 N–H and O–H groups in total. The van der Waals surface area contributed by atoms with Crippen molar-refractivity contribution in [3.63, 3.8) is 0 Å². The van der Waals surface area contributed by atoms with Gasteiger partial charge in [0.05, 0.1) is 0 Å². The number of nitrogens with one attached hydrogen (secondary N) is 1. The molecule has 1 saturated carbocycles. The van der Waals surface area contributed by atoms with Crippen LogP contribution in [0.4, 0.5) is 10.1 Å². The van der Waals surface area contributed by atoms with Gasteiger partial charge in [-0.2, -0.15) is 0 Å². The Hall–Kier alpha value is -1.49. The Morgan fingerprint density at radius 2 is 2.00 bits per heavy atom. The van der Waals surface area contributed by atoms with Crippen molar-refractivity contribution < 1.29 is 9.18 Å². The van der Waals surface area contributed by atoms with Crippen molar-refractivity contribution in [3.05, 3.63) is 29.6 Å². The van der Waals surface area contributed by atoms with Crippen molar-refractivity contribution in [2.75, 3.05) is 5.32 Å². The average Bonchev–Trinajstić information content (AvgIpc) is 2.41. The van der Waals surface area contributed by atoms with Gasteiger partial charge < -0.3 is 11.1 Å². The highest BCUT2D eigenvalue weighted by Crippen LogP contribution is 2.25. The lowest BCUT2D eigenvalue weighted by molar-refractivity contribution is -0.120. The molecule has 3 nitrogen and oxygen atoms in total. The molecular formula is C14H17FN2OS. The van der Waals surface area contributed by atoms with E-state index >= 15 is 0 Å². The molecule has 1 aliphatic rings. The van der Waals surface area contributed by atoms with Crippen LogP contribution in [0, 0.1) is 11.7 Å². The highest BCUT2D eigenvalue weighted by molar-refractivity contribution is 7.80. The Bertz CT molecular complexity index is 498. The molecule has 1 aliphatic carbocycles. The van der Waals surface area contributed by atoms with Crippen molar-refractivity contribution in [1.82, 2.24) is 0 Å². The molecule has 0 unspecified atom stereocenters. The Morgan fingerprint density at radius 1 is 1.32 bits per heavy atom. The zero-order valence-corrected chi connectivity index (χ0v) is 11.4. The number of hydrogen-bond acceptors (Lipinski definition) is 2. The monoisotopic (exact) mass is 280 g/mol. The van der Waals surface area contributed by atoms with Crippen LogP contribution in [0.15, 0.2) is 18.2 Å². The third kappa shape index (κ3) is 3.50. The van der Waals surface area contributed by atoms with Crippen LogP contribution >= 0.6 is 12.2 Å².